The van der Waals surface area contributed by atoms with E-state index in [9.17, 15) is 31.6 Å². The van der Waals surface area contributed by atoms with Crippen molar-refractivity contribution in [2.45, 2.75) is 73.7 Å². The van der Waals surface area contributed by atoms with Crippen LogP contribution in [0.1, 0.15) is 101 Å². The summed E-state index contributed by atoms with van der Waals surface area (Å²) in [6.07, 6.45) is 3.79. The lowest BCUT2D eigenvalue weighted by Gasteiger charge is -2.19. The van der Waals surface area contributed by atoms with E-state index >= 15 is 0 Å². The number of nitriles is 1. The van der Waals surface area contributed by atoms with Crippen molar-refractivity contribution in [3.63, 3.8) is 0 Å². The predicted octanol–water partition coefficient (Wildman–Crippen LogP) is 9.58. The summed E-state index contributed by atoms with van der Waals surface area (Å²) in [7, 11) is -7.38. The van der Waals surface area contributed by atoms with E-state index in [-0.39, 0.29) is 60.1 Å². The van der Waals surface area contributed by atoms with Gasteiger partial charge >= 0.3 is 0 Å². The summed E-state index contributed by atoms with van der Waals surface area (Å²) in [5, 5.41) is 20.9. The SMILES string of the molecule is CC(C)(C)c1ccc(S(=O)(=O)Cc2ccc(Cl)cc2C(=O)c2cc[n+]([O-])cc2)cc1.CC(C)(C)c1ccc(S(=O)(=O)Cc2ccc(Cl)cc2C(=O)c2ccnc(C#N)c2)cc1. The number of nitrogens with zero attached hydrogens (tertiary/aromatic N) is 3. The van der Waals surface area contributed by atoms with E-state index in [4.69, 9.17) is 28.5 Å². The van der Waals surface area contributed by atoms with Crippen molar-refractivity contribution >= 4 is 54.4 Å². The van der Waals surface area contributed by atoms with Gasteiger partial charge in [0.05, 0.1) is 21.3 Å². The maximum atomic E-state index is 13.1. The third-order valence-corrected chi connectivity index (χ3v) is 13.5. The number of carbonyl (C=O) groups excluding carboxylic acids is 2. The van der Waals surface area contributed by atoms with E-state index in [2.05, 4.69) is 46.5 Å². The van der Waals surface area contributed by atoms with Gasteiger partial charge in [-0.25, -0.2) is 21.8 Å². The zero-order valence-electron chi connectivity index (χ0n) is 34.3. The van der Waals surface area contributed by atoms with Gasteiger partial charge in [0.1, 0.15) is 11.8 Å². The normalized spacial score (nSPS) is 11.9. The van der Waals surface area contributed by atoms with Crippen LogP contribution in [0.5, 0.6) is 0 Å². The molecule has 314 valence electrons. The Bertz CT molecular complexity index is 2860. The van der Waals surface area contributed by atoms with E-state index in [1.165, 1.54) is 55.0 Å². The van der Waals surface area contributed by atoms with Crippen LogP contribution in [-0.4, -0.2) is 33.4 Å². The van der Waals surface area contributed by atoms with Crippen LogP contribution in [0.15, 0.2) is 138 Å². The van der Waals surface area contributed by atoms with Gasteiger partial charge in [-0.3, -0.25) is 9.59 Å². The Labute approximate surface area is 366 Å². The number of ketones is 2. The van der Waals surface area contributed by atoms with Crippen LogP contribution in [-0.2, 0) is 42.0 Å². The topological polar surface area (TPSA) is 166 Å². The first-order valence-corrected chi connectivity index (χ1v) is 22.9. The number of carbonyl (C=O) groups is 2. The fraction of sp³-hybridized carbons (Fsp3) is 0.213. The van der Waals surface area contributed by atoms with Crippen LogP contribution in [0.25, 0.3) is 0 Å². The molecule has 0 fully saturated rings. The van der Waals surface area contributed by atoms with Crippen LogP contribution in [0, 0.1) is 16.5 Å². The third-order valence-electron chi connectivity index (χ3n) is 9.68. The van der Waals surface area contributed by atoms with E-state index in [0.29, 0.717) is 25.9 Å². The van der Waals surface area contributed by atoms with Crippen LogP contribution in [0.2, 0.25) is 10.0 Å². The summed E-state index contributed by atoms with van der Waals surface area (Å²) in [6.45, 7) is 12.3. The molecule has 0 aliphatic rings. The highest BCUT2D eigenvalue weighted by atomic mass is 35.5. The first-order valence-electron chi connectivity index (χ1n) is 18.9. The number of halogens is 2. The second-order valence-corrected chi connectivity index (χ2v) is 21.2. The van der Waals surface area contributed by atoms with Gasteiger partial charge in [-0.1, -0.05) is 101 Å². The molecule has 0 atom stereocenters. The Morgan fingerprint density at radius 1 is 0.623 bits per heavy atom. The molecule has 0 aliphatic carbocycles. The Morgan fingerprint density at radius 3 is 1.43 bits per heavy atom. The minimum atomic E-state index is -3.70. The fourth-order valence-corrected chi connectivity index (χ4v) is 9.28. The van der Waals surface area contributed by atoms with E-state index in [1.54, 1.807) is 60.7 Å². The lowest BCUT2D eigenvalue weighted by molar-refractivity contribution is -0.605. The Morgan fingerprint density at radius 2 is 1.03 bits per heavy atom. The molecule has 2 heterocycles. The molecule has 6 rings (SSSR count). The van der Waals surface area contributed by atoms with Gasteiger partial charge in [-0.05, 0) is 93.7 Å². The molecule has 0 aliphatic heterocycles. The summed E-state index contributed by atoms with van der Waals surface area (Å²) >= 11 is 12.2. The van der Waals surface area contributed by atoms with Gasteiger partial charge in [0, 0.05) is 50.6 Å². The van der Waals surface area contributed by atoms with Crippen molar-refractivity contribution in [2.24, 2.45) is 0 Å². The van der Waals surface area contributed by atoms with Crippen molar-refractivity contribution in [1.82, 2.24) is 4.98 Å². The van der Waals surface area contributed by atoms with E-state index in [0.717, 1.165) is 11.1 Å². The Kier molecular flexibility index (Phi) is 14.1. The summed E-state index contributed by atoms with van der Waals surface area (Å²) in [5.41, 5.74) is 3.55. The second-order valence-electron chi connectivity index (χ2n) is 16.3. The van der Waals surface area contributed by atoms with Crippen molar-refractivity contribution in [3.8, 4) is 6.07 Å². The maximum Gasteiger partial charge on any atom is 0.193 e. The maximum absolute atomic E-state index is 13.1. The van der Waals surface area contributed by atoms with Crippen molar-refractivity contribution in [1.29, 1.82) is 5.26 Å². The Balaban J connectivity index is 0.000000231. The molecule has 10 nitrogen and oxygen atoms in total. The number of benzene rings is 4. The molecule has 0 radical (unpaired) electrons. The quantitative estimate of drug-likeness (QED) is 0.0739. The van der Waals surface area contributed by atoms with E-state index < -0.39 is 31.2 Å². The monoisotopic (exact) mass is 895 g/mol. The number of rotatable bonds is 10. The smallest absolute Gasteiger partial charge is 0.193 e. The molecule has 4 aromatic carbocycles. The van der Waals surface area contributed by atoms with Gasteiger partial charge < -0.3 is 5.21 Å². The molecule has 0 saturated heterocycles. The molecular formula is C47H43Cl2N3O7S2. The van der Waals surface area contributed by atoms with Crippen molar-refractivity contribution in [2.75, 3.05) is 0 Å². The van der Waals surface area contributed by atoms with Gasteiger partial charge in [-0.15, -0.1) is 0 Å². The van der Waals surface area contributed by atoms with Crippen LogP contribution >= 0.6 is 23.2 Å². The molecule has 0 N–H and O–H groups in total. The summed E-state index contributed by atoms with van der Waals surface area (Å²) < 4.78 is 52.7. The van der Waals surface area contributed by atoms with Gasteiger partial charge in [-0.2, -0.15) is 9.99 Å². The number of sulfone groups is 2. The number of hydrogen-bond acceptors (Lipinski definition) is 9. The van der Waals surface area contributed by atoms with E-state index in [1.807, 2.05) is 18.2 Å². The molecule has 0 spiro atoms. The summed E-state index contributed by atoms with van der Waals surface area (Å²) in [6, 6.07) is 30.2. The average Bonchev–Trinajstić information content (AvgIpc) is 3.21. The summed E-state index contributed by atoms with van der Waals surface area (Å²) in [5.74, 6) is -1.51. The lowest BCUT2D eigenvalue weighted by atomic mass is 9.87. The molecule has 0 saturated carbocycles. The number of aromatic nitrogens is 2. The molecule has 0 bridgehead atoms. The third kappa shape index (κ3) is 11.8. The van der Waals surface area contributed by atoms with Crippen molar-refractivity contribution in [3.05, 3.63) is 193 Å². The predicted molar refractivity (Wildman–Crippen MR) is 236 cm³/mol. The van der Waals surface area contributed by atoms with Crippen LogP contribution in [0.4, 0.5) is 0 Å². The lowest BCUT2D eigenvalue weighted by Crippen LogP contribution is -2.24. The minimum absolute atomic E-state index is 0.0873. The highest BCUT2D eigenvalue weighted by Gasteiger charge is 2.25. The van der Waals surface area contributed by atoms with Gasteiger partial charge in [0.15, 0.2) is 43.6 Å². The highest BCUT2D eigenvalue weighted by Crippen LogP contribution is 2.29. The molecule has 0 unspecified atom stereocenters. The zero-order chi connectivity index (χ0) is 44.9. The average molecular weight is 897 g/mol. The molecule has 2 aromatic heterocycles. The standard InChI is InChI=1S/C24H21ClN2O3S.C23H22ClNO4S/c1-24(2,3)18-5-8-21(9-6-18)31(29,30)15-17-4-7-19(25)13-22(17)23(28)16-10-11-27-20(12-16)14-26;1-23(2,3)18-5-8-20(9-6-18)30(28,29)15-17-4-7-19(24)14-21(17)22(26)16-10-12-25(27)13-11-16/h4-13H,15H2,1-3H3;4-14H,15H2,1-3H3. The molecule has 0 amide bonds. The van der Waals surface area contributed by atoms with Gasteiger partial charge in [0.2, 0.25) is 0 Å². The number of hydrogen-bond donors (Lipinski definition) is 0. The minimum Gasteiger partial charge on any atom is -0.619 e. The number of pyridine rings is 2. The second kappa shape index (κ2) is 18.5. The highest BCUT2D eigenvalue weighted by molar-refractivity contribution is 7.91. The molecular weight excluding hydrogens is 854 g/mol. The van der Waals surface area contributed by atoms with Crippen molar-refractivity contribution < 1.29 is 31.2 Å². The van der Waals surface area contributed by atoms with Crippen LogP contribution < -0.4 is 4.73 Å². The summed E-state index contributed by atoms with van der Waals surface area (Å²) in [4.78, 5) is 30.3. The largest absolute Gasteiger partial charge is 0.619 e. The molecule has 61 heavy (non-hydrogen) atoms. The Hall–Kier alpha value is -5.71. The first-order chi connectivity index (χ1) is 28.5. The van der Waals surface area contributed by atoms with Gasteiger partial charge in [0.25, 0.3) is 0 Å². The molecule has 6 aromatic rings. The zero-order valence-corrected chi connectivity index (χ0v) is 37.5. The first kappa shape index (κ1) is 46.4. The van der Waals surface area contributed by atoms with Crippen LogP contribution in [0.3, 0.4) is 0 Å². The fourth-order valence-electron chi connectivity index (χ4n) is 6.18. The molecule has 14 heteroatoms.